The Morgan fingerprint density at radius 2 is 1.74 bits per heavy atom. The number of carbonyl (C=O) groups excluding carboxylic acids is 1. The number of halogens is 4. The fourth-order valence-corrected chi connectivity index (χ4v) is 2.31. The van der Waals surface area contributed by atoms with Crippen LogP contribution in [-0.4, -0.2) is 15.9 Å². The number of rotatable bonds is 5. The van der Waals surface area contributed by atoms with Crippen molar-refractivity contribution in [2.24, 2.45) is 0 Å². The van der Waals surface area contributed by atoms with Crippen LogP contribution in [0.2, 0.25) is 5.02 Å². The van der Waals surface area contributed by atoms with E-state index in [1.807, 2.05) is 0 Å². The molecule has 1 heterocycles. The first-order valence-electron chi connectivity index (χ1n) is 7.69. The van der Waals surface area contributed by atoms with Crippen LogP contribution in [-0.2, 0) is 6.54 Å². The molecule has 5 nitrogen and oxygen atoms in total. The van der Waals surface area contributed by atoms with E-state index in [9.17, 15) is 18.0 Å². The summed E-state index contributed by atoms with van der Waals surface area (Å²) in [5.41, 5.74) is 0.536. The molecule has 2 N–H and O–H groups in total. The third-order valence-corrected chi connectivity index (χ3v) is 3.82. The van der Waals surface area contributed by atoms with Crippen LogP contribution in [0.3, 0.4) is 0 Å². The predicted molar refractivity (Wildman–Crippen MR) is 94.3 cm³/mol. The van der Waals surface area contributed by atoms with E-state index in [1.54, 1.807) is 24.3 Å². The topological polar surface area (TPSA) is 66.9 Å². The van der Waals surface area contributed by atoms with Crippen LogP contribution in [0.4, 0.5) is 24.7 Å². The highest BCUT2D eigenvalue weighted by Crippen LogP contribution is 2.22. The number of nitrogens with zero attached hydrogens (tertiary/aromatic N) is 2. The largest absolute Gasteiger partial charge is 0.347 e. The van der Waals surface area contributed by atoms with Crippen molar-refractivity contribution in [2.45, 2.75) is 6.54 Å². The summed E-state index contributed by atoms with van der Waals surface area (Å²) in [6, 6.07) is 10.00. The van der Waals surface area contributed by atoms with Crippen LogP contribution in [0.15, 0.2) is 48.8 Å². The Kier molecular flexibility index (Phi) is 5.56. The molecule has 1 amide bonds. The SMILES string of the molecule is O=C(NCc1ccc(Cl)cc1)c1cc(Nc2ccc(F)c(F)c2F)ncn1. The van der Waals surface area contributed by atoms with Gasteiger partial charge in [-0.15, -0.1) is 0 Å². The van der Waals surface area contributed by atoms with Crippen LogP contribution in [0.25, 0.3) is 0 Å². The molecule has 0 saturated carbocycles. The molecule has 0 atom stereocenters. The summed E-state index contributed by atoms with van der Waals surface area (Å²) in [5, 5.41) is 5.74. The molecule has 0 radical (unpaired) electrons. The lowest BCUT2D eigenvalue weighted by atomic mass is 10.2. The normalized spacial score (nSPS) is 10.5. The zero-order valence-electron chi connectivity index (χ0n) is 13.6. The van der Waals surface area contributed by atoms with Gasteiger partial charge in [0.2, 0.25) is 0 Å². The third kappa shape index (κ3) is 4.53. The summed E-state index contributed by atoms with van der Waals surface area (Å²) >= 11 is 5.80. The summed E-state index contributed by atoms with van der Waals surface area (Å²) in [7, 11) is 0. The monoisotopic (exact) mass is 392 g/mol. The molecule has 2 aromatic carbocycles. The molecule has 0 spiro atoms. The Hall–Kier alpha value is -3.13. The maximum atomic E-state index is 13.7. The van der Waals surface area contributed by atoms with Gasteiger partial charge in [-0.3, -0.25) is 4.79 Å². The maximum Gasteiger partial charge on any atom is 0.270 e. The first-order valence-corrected chi connectivity index (χ1v) is 8.07. The molecule has 0 aliphatic carbocycles. The van der Waals surface area contributed by atoms with Gasteiger partial charge in [0.1, 0.15) is 17.8 Å². The lowest BCUT2D eigenvalue weighted by molar-refractivity contribution is 0.0946. The highest BCUT2D eigenvalue weighted by atomic mass is 35.5. The zero-order chi connectivity index (χ0) is 19.4. The maximum absolute atomic E-state index is 13.7. The molecule has 0 aliphatic rings. The van der Waals surface area contributed by atoms with Crippen LogP contribution >= 0.6 is 11.6 Å². The fourth-order valence-electron chi connectivity index (χ4n) is 2.19. The lowest BCUT2D eigenvalue weighted by Gasteiger charge is -2.09. The molecule has 3 rings (SSSR count). The van der Waals surface area contributed by atoms with Crippen LogP contribution in [0.5, 0.6) is 0 Å². The number of nitrogens with one attached hydrogen (secondary N) is 2. The van der Waals surface area contributed by atoms with Crippen LogP contribution < -0.4 is 10.6 Å². The van der Waals surface area contributed by atoms with Crippen molar-refractivity contribution < 1.29 is 18.0 Å². The van der Waals surface area contributed by atoms with Crippen molar-refractivity contribution in [1.29, 1.82) is 0 Å². The smallest absolute Gasteiger partial charge is 0.270 e. The second kappa shape index (κ2) is 8.05. The molecule has 138 valence electrons. The van der Waals surface area contributed by atoms with Gasteiger partial charge < -0.3 is 10.6 Å². The first-order chi connectivity index (χ1) is 12.9. The first kappa shape index (κ1) is 18.7. The molecule has 0 unspecified atom stereocenters. The van der Waals surface area contributed by atoms with E-state index in [0.717, 1.165) is 24.0 Å². The van der Waals surface area contributed by atoms with Gasteiger partial charge in [-0.2, -0.15) is 0 Å². The number of aromatic nitrogens is 2. The summed E-state index contributed by atoms with van der Waals surface area (Å²) in [6.45, 7) is 0.251. The van der Waals surface area contributed by atoms with Crippen molar-refractivity contribution in [3.8, 4) is 0 Å². The van der Waals surface area contributed by atoms with E-state index in [0.29, 0.717) is 5.02 Å². The van der Waals surface area contributed by atoms with E-state index < -0.39 is 23.4 Å². The third-order valence-electron chi connectivity index (χ3n) is 3.56. The number of hydrogen-bond donors (Lipinski definition) is 2. The van der Waals surface area contributed by atoms with Crippen molar-refractivity contribution in [3.63, 3.8) is 0 Å². The number of anilines is 2. The molecule has 0 saturated heterocycles. The van der Waals surface area contributed by atoms with E-state index in [4.69, 9.17) is 11.6 Å². The minimum Gasteiger partial charge on any atom is -0.347 e. The molecular weight excluding hydrogens is 381 g/mol. The van der Waals surface area contributed by atoms with Gasteiger partial charge in [-0.25, -0.2) is 23.1 Å². The highest BCUT2D eigenvalue weighted by molar-refractivity contribution is 6.30. The number of benzene rings is 2. The highest BCUT2D eigenvalue weighted by Gasteiger charge is 2.15. The van der Waals surface area contributed by atoms with Gasteiger partial charge >= 0.3 is 0 Å². The van der Waals surface area contributed by atoms with E-state index in [1.165, 1.54) is 6.07 Å². The summed E-state index contributed by atoms with van der Waals surface area (Å²) < 4.78 is 40.0. The van der Waals surface area contributed by atoms with E-state index in [2.05, 4.69) is 20.6 Å². The van der Waals surface area contributed by atoms with Crippen molar-refractivity contribution in [2.75, 3.05) is 5.32 Å². The fraction of sp³-hybridized carbons (Fsp3) is 0.0556. The number of carbonyl (C=O) groups is 1. The van der Waals surface area contributed by atoms with Crippen molar-refractivity contribution in [3.05, 3.63) is 82.5 Å². The molecule has 0 aliphatic heterocycles. The Labute approximate surface area is 157 Å². The Morgan fingerprint density at radius 1 is 1.00 bits per heavy atom. The molecular formula is C18H12ClF3N4O. The van der Waals surface area contributed by atoms with E-state index >= 15 is 0 Å². The average molecular weight is 393 g/mol. The summed E-state index contributed by atoms with van der Waals surface area (Å²) in [6.07, 6.45) is 1.09. The molecule has 3 aromatic rings. The van der Waals surface area contributed by atoms with Gasteiger partial charge in [-0.1, -0.05) is 23.7 Å². The van der Waals surface area contributed by atoms with Gasteiger partial charge in [0.25, 0.3) is 5.91 Å². The van der Waals surface area contributed by atoms with Gasteiger partial charge in [0.15, 0.2) is 17.5 Å². The molecule has 9 heteroatoms. The standard InChI is InChI=1S/C18H12ClF3N4O/c19-11-3-1-10(2-4-11)8-23-18(27)14-7-15(25-9-24-14)26-13-6-5-12(20)16(21)17(13)22/h1-7,9H,8H2,(H,23,27)(H,24,25,26). The van der Waals surface area contributed by atoms with Gasteiger partial charge in [-0.05, 0) is 29.8 Å². The second-order valence-corrected chi connectivity index (χ2v) is 5.88. The van der Waals surface area contributed by atoms with E-state index in [-0.39, 0.29) is 23.7 Å². The number of hydrogen-bond acceptors (Lipinski definition) is 4. The van der Waals surface area contributed by atoms with Gasteiger partial charge in [0, 0.05) is 17.6 Å². The molecule has 1 aromatic heterocycles. The minimum atomic E-state index is -1.60. The summed E-state index contributed by atoms with van der Waals surface area (Å²) in [5.74, 6) is -4.73. The molecule has 0 fully saturated rings. The van der Waals surface area contributed by atoms with Crippen LogP contribution in [0, 0.1) is 17.5 Å². The number of amides is 1. The zero-order valence-corrected chi connectivity index (χ0v) is 14.4. The van der Waals surface area contributed by atoms with Gasteiger partial charge in [0.05, 0.1) is 5.69 Å². The van der Waals surface area contributed by atoms with Crippen LogP contribution in [0.1, 0.15) is 16.1 Å². The molecule has 0 bridgehead atoms. The van der Waals surface area contributed by atoms with Crippen molar-refractivity contribution >= 4 is 29.0 Å². The minimum absolute atomic E-state index is 0.0180. The summed E-state index contributed by atoms with van der Waals surface area (Å²) in [4.78, 5) is 19.9. The molecule has 27 heavy (non-hydrogen) atoms. The average Bonchev–Trinajstić information content (AvgIpc) is 2.68. The van der Waals surface area contributed by atoms with Crippen molar-refractivity contribution in [1.82, 2.24) is 15.3 Å². The second-order valence-electron chi connectivity index (χ2n) is 5.45. The quantitative estimate of drug-likeness (QED) is 0.638. The Balaban J connectivity index is 1.70. The predicted octanol–water partition coefficient (Wildman–Crippen LogP) is 4.22. The Morgan fingerprint density at radius 3 is 2.48 bits per heavy atom. The Bertz CT molecular complexity index is 983. The lowest BCUT2D eigenvalue weighted by Crippen LogP contribution is -2.24.